The van der Waals surface area contributed by atoms with Crippen molar-refractivity contribution >= 4 is 24.0 Å². The van der Waals surface area contributed by atoms with E-state index < -0.39 is 17.5 Å². The molecule has 8 nitrogen and oxygen atoms in total. The van der Waals surface area contributed by atoms with E-state index in [1.54, 1.807) is 11.0 Å². The average molecular weight is 450 g/mol. The largest absolute Gasteiger partial charge is 0.492 e. The van der Waals surface area contributed by atoms with Crippen LogP contribution in [0.3, 0.4) is 0 Å². The number of nitrogens with zero attached hydrogens (tertiary/aromatic N) is 1. The predicted molar refractivity (Wildman–Crippen MR) is 117 cm³/mol. The van der Waals surface area contributed by atoms with Gasteiger partial charge in [0.15, 0.2) is 0 Å². The van der Waals surface area contributed by atoms with Crippen molar-refractivity contribution in [2.24, 2.45) is 0 Å². The van der Waals surface area contributed by atoms with Crippen LogP contribution >= 0.6 is 0 Å². The Labute approximate surface area is 187 Å². The summed E-state index contributed by atoms with van der Waals surface area (Å²) in [4.78, 5) is 36.8. The summed E-state index contributed by atoms with van der Waals surface area (Å²) in [6.07, 6.45) is 2.04. The quantitative estimate of drug-likeness (QED) is 0.648. The summed E-state index contributed by atoms with van der Waals surface area (Å²) in [5.41, 5.74) is 0.0521. The SMILES string of the molecule is CNC(=O)CCC(C=O)Nc1cc2c(cc1F)C1(CCN(C(=O)OC(C)(C)C)CC1)CO2. The summed E-state index contributed by atoms with van der Waals surface area (Å²) < 4.78 is 26.3. The van der Waals surface area contributed by atoms with Gasteiger partial charge in [-0.05, 0) is 46.1 Å². The third-order valence-electron chi connectivity index (χ3n) is 5.98. The molecule has 1 aromatic rings. The third-order valence-corrected chi connectivity index (χ3v) is 5.98. The fourth-order valence-electron chi connectivity index (χ4n) is 4.13. The molecule has 1 spiro atoms. The number of anilines is 1. The fraction of sp³-hybridized carbons (Fsp3) is 0.609. The Morgan fingerprint density at radius 3 is 2.59 bits per heavy atom. The van der Waals surface area contributed by atoms with Gasteiger partial charge in [0, 0.05) is 43.6 Å². The minimum absolute atomic E-state index is 0.160. The molecule has 2 amide bonds. The van der Waals surface area contributed by atoms with Gasteiger partial charge >= 0.3 is 6.09 Å². The standard InChI is InChI=1S/C23H32FN3O5/c1-22(2,3)32-21(30)27-9-7-23(8-10-27)14-31-19-12-18(17(24)11-16(19)23)26-15(13-28)5-6-20(29)25-4/h11-13,15,26H,5-10,14H2,1-4H3,(H,25,29). The van der Waals surface area contributed by atoms with Crippen molar-refractivity contribution in [3.63, 3.8) is 0 Å². The van der Waals surface area contributed by atoms with Crippen LogP contribution < -0.4 is 15.4 Å². The van der Waals surface area contributed by atoms with Crippen molar-refractivity contribution in [3.8, 4) is 5.75 Å². The summed E-state index contributed by atoms with van der Waals surface area (Å²) in [6.45, 7) is 6.93. The summed E-state index contributed by atoms with van der Waals surface area (Å²) in [5.74, 6) is -0.0818. The Hall–Kier alpha value is -2.84. The number of rotatable bonds is 6. The average Bonchev–Trinajstić information content (AvgIpc) is 3.06. The first-order valence-electron chi connectivity index (χ1n) is 10.9. The molecule has 0 bridgehead atoms. The highest BCUT2D eigenvalue weighted by Gasteiger charge is 2.45. The minimum Gasteiger partial charge on any atom is -0.492 e. The van der Waals surface area contributed by atoms with Crippen LogP contribution in [0.25, 0.3) is 0 Å². The number of hydrogen-bond acceptors (Lipinski definition) is 6. The Kier molecular flexibility index (Phi) is 6.95. The van der Waals surface area contributed by atoms with Crippen LogP contribution in [0.4, 0.5) is 14.9 Å². The second-order valence-corrected chi connectivity index (χ2v) is 9.46. The van der Waals surface area contributed by atoms with E-state index in [0.717, 1.165) is 5.56 Å². The molecule has 2 aliphatic heterocycles. The number of piperidine rings is 1. The number of benzene rings is 1. The van der Waals surface area contributed by atoms with Crippen molar-refractivity contribution in [1.82, 2.24) is 10.2 Å². The number of hydrogen-bond donors (Lipinski definition) is 2. The Morgan fingerprint density at radius 1 is 1.31 bits per heavy atom. The molecular weight excluding hydrogens is 417 g/mol. The van der Waals surface area contributed by atoms with E-state index in [1.165, 1.54) is 13.1 Å². The van der Waals surface area contributed by atoms with Crippen LogP contribution in [0.15, 0.2) is 12.1 Å². The summed E-state index contributed by atoms with van der Waals surface area (Å²) in [7, 11) is 1.52. The van der Waals surface area contributed by atoms with Gasteiger partial charge in [0.1, 0.15) is 23.5 Å². The minimum atomic E-state index is -0.688. The molecule has 32 heavy (non-hydrogen) atoms. The van der Waals surface area contributed by atoms with Crippen LogP contribution in [0.1, 0.15) is 52.0 Å². The maximum atomic E-state index is 14.9. The maximum absolute atomic E-state index is 14.9. The maximum Gasteiger partial charge on any atom is 0.410 e. The van der Waals surface area contributed by atoms with Gasteiger partial charge in [-0.2, -0.15) is 0 Å². The molecule has 1 atom stereocenters. The van der Waals surface area contributed by atoms with Gasteiger partial charge in [0.2, 0.25) is 5.91 Å². The Morgan fingerprint density at radius 2 is 2.00 bits per heavy atom. The first-order valence-corrected chi connectivity index (χ1v) is 10.9. The number of aldehydes is 1. The van der Waals surface area contributed by atoms with Gasteiger partial charge in [0.25, 0.3) is 0 Å². The lowest BCUT2D eigenvalue weighted by molar-refractivity contribution is -0.120. The van der Waals surface area contributed by atoms with E-state index >= 15 is 0 Å². The molecule has 1 aromatic carbocycles. The number of fused-ring (bicyclic) bond motifs is 2. The van der Waals surface area contributed by atoms with E-state index in [9.17, 15) is 18.8 Å². The molecule has 2 heterocycles. The first kappa shape index (κ1) is 23.8. The number of nitrogens with one attached hydrogen (secondary N) is 2. The van der Waals surface area contributed by atoms with E-state index in [1.807, 2.05) is 20.8 Å². The van der Waals surface area contributed by atoms with Crippen LogP contribution in [-0.4, -0.2) is 61.6 Å². The molecular formula is C23H32FN3O5. The third kappa shape index (κ3) is 5.31. The molecule has 0 radical (unpaired) electrons. The molecule has 1 saturated heterocycles. The lowest BCUT2D eigenvalue weighted by Gasteiger charge is -2.38. The fourth-order valence-corrected chi connectivity index (χ4v) is 4.13. The first-order chi connectivity index (χ1) is 15.1. The summed E-state index contributed by atoms with van der Waals surface area (Å²) in [5, 5.41) is 5.37. The highest BCUT2D eigenvalue weighted by atomic mass is 19.1. The second kappa shape index (κ2) is 9.34. The predicted octanol–water partition coefficient (Wildman–Crippen LogP) is 2.99. The van der Waals surface area contributed by atoms with Gasteiger partial charge < -0.3 is 29.8 Å². The van der Waals surface area contributed by atoms with Crippen molar-refractivity contribution in [2.45, 2.75) is 63.5 Å². The van der Waals surface area contributed by atoms with Crippen molar-refractivity contribution in [3.05, 3.63) is 23.5 Å². The topological polar surface area (TPSA) is 97.0 Å². The van der Waals surface area contributed by atoms with Crippen LogP contribution in [-0.2, 0) is 19.7 Å². The van der Waals surface area contributed by atoms with Crippen LogP contribution in [0, 0.1) is 5.82 Å². The summed E-state index contributed by atoms with van der Waals surface area (Å²) in [6, 6.07) is 2.36. The van der Waals surface area contributed by atoms with E-state index in [-0.39, 0.29) is 35.9 Å². The molecule has 9 heteroatoms. The van der Waals surface area contributed by atoms with Gasteiger partial charge in [-0.25, -0.2) is 9.18 Å². The lowest BCUT2D eigenvalue weighted by atomic mass is 9.74. The number of likely N-dealkylation sites (tertiary alicyclic amines) is 1. The Balaban J connectivity index is 1.68. The smallest absolute Gasteiger partial charge is 0.410 e. The van der Waals surface area contributed by atoms with Gasteiger partial charge in [0.05, 0.1) is 18.3 Å². The Bertz CT molecular complexity index is 875. The van der Waals surface area contributed by atoms with Crippen molar-refractivity contribution in [2.75, 3.05) is 32.1 Å². The molecule has 3 rings (SSSR count). The van der Waals surface area contributed by atoms with Gasteiger partial charge in [-0.15, -0.1) is 0 Å². The van der Waals surface area contributed by atoms with Crippen molar-refractivity contribution < 1.29 is 28.2 Å². The van der Waals surface area contributed by atoms with Crippen molar-refractivity contribution in [1.29, 1.82) is 0 Å². The number of carbonyl (C=O) groups excluding carboxylic acids is 3. The number of ether oxygens (including phenoxy) is 2. The molecule has 1 fully saturated rings. The molecule has 0 saturated carbocycles. The number of halogens is 1. The molecule has 176 valence electrons. The highest BCUT2D eigenvalue weighted by Crippen LogP contribution is 2.47. The molecule has 0 aliphatic carbocycles. The van der Waals surface area contributed by atoms with Crippen LogP contribution in [0.2, 0.25) is 0 Å². The monoisotopic (exact) mass is 449 g/mol. The highest BCUT2D eigenvalue weighted by molar-refractivity contribution is 5.76. The number of carbonyl (C=O) groups is 3. The van der Waals surface area contributed by atoms with Gasteiger partial charge in [-0.3, -0.25) is 4.79 Å². The molecule has 1 unspecified atom stereocenters. The molecule has 0 aromatic heterocycles. The number of amides is 2. The van der Waals surface area contributed by atoms with Crippen LogP contribution in [0.5, 0.6) is 5.75 Å². The van der Waals surface area contributed by atoms with E-state index in [4.69, 9.17) is 9.47 Å². The zero-order valence-corrected chi connectivity index (χ0v) is 19.1. The lowest BCUT2D eigenvalue weighted by Crippen LogP contribution is -2.47. The zero-order chi connectivity index (χ0) is 23.5. The normalized spacial score (nSPS) is 17.8. The second-order valence-electron chi connectivity index (χ2n) is 9.46. The van der Waals surface area contributed by atoms with Gasteiger partial charge in [-0.1, -0.05) is 0 Å². The van der Waals surface area contributed by atoms with E-state index in [2.05, 4.69) is 10.6 Å². The molecule has 2 aliphatic rings. The molecule has 2 N–H and O–H groups in total. The van der Waals surface area contributed by atoms with E-state index in [0.29, 0.717) is 44.6 Å². The summed E-state index contributed by atoms with van der Waals surface area (Å²) >= 11 is 0. The zero-order valence-electron chi connectivity index (χ0n) is 19.1.